The first-order valence-electron chi connectivity index (χ1n) is 6.62. The SMILES string of the molecule is O=COCC(C(=O)OCc1ccccc1)c1ccccc1. The van der Waals surface area contributed by atoms with Gasteiger partial charge in [0.15, 0.2) is 0 Å². The fourth-order valence-corrected chi connectivity index (χ4v) is 1.95. The summed E-state index contributed by atoms with van der Waals surface area (Å²) in [5.74, 6) is -1.02. The van der Waals surface area contributed by atoms with Gasteiger partial charge in [-0.3, -0.25) is 9.59 Å². The maximum absolute atomic E-state index is 12.2. The topological polar surface area (TPSA) is 52.6 Å². The lowest BCUT2D eigenvalue weighted by molar-refractivity contribution is -0.149. The molecule has 4 nitrogen and oxygen atoms in total. The minimum Gasteiger partial charge on any atom is -0.467 e. The zero-order valence-corrected chi connectivity index (χ0v) is 11.5. The van der Waals surface area contributed by atoms with E-state index in [0.717, 1.165) is 11.1 Å². The number of hydrogen-bond donors (Lipinski definition) is 0. The Morgan fingerprint density at radius 1 is 1.00 bits per heavy atom. The van der Waals surface area contributed by atoms with Crippen molar-refractivity contribution in [1.29, 1.82) is 0 Å². The highest BCUT2D eigenvalue weighted by molar-refractivity contribution is 5.78. The maximum atomic E-state index is 12.2. The van der Waals surface area contributed by atoms with Crippen molar-refractivity contribution < 1.29 is 19.1 Å². The molecule has 0 radical (unpaired) electrons. The molecule has 1 atom stereocenters. The number of rotatable bonds is 7. The van der Waals surface area contributed by atoms with Crippen LogP contribution in [0.2, 0.25) is 0 Å². The number of ether oxygens (including phenoxy) is 2. The van der Waals surface area contributed by atoms with Gasteiger partial charge < -0.3 is 9.47 Å². The van der Waals surface area contributed by atoms with Crippen molar-refractivity contribution in [3.05, 3.63) is 71.8 Å². The Bertz CT molecular complexity index is 566. The number of hydrogen-bond acceptors (Lipinski definition) is 4. The van der Waals surface area contributed by atoms with Crippen LogP contribution in [0.3, 0.4) is 0 Å². The zero-order chi connectivity index (χ0) is 14.9. The monoisotopic (exact) mass is 284 g/mol. The van der Waals surface area contributed by atoms with Gasteiger partial charge in [0.05, 0.1) is 0 Å². The van der Waals surface area contributed by atoms with Crippen molar-refractivity contribution >= 4 is 12.4 Å². The molecule has 0 aliphatic carbocycles. The third kappa shape index (κ3) is 4.45. The molecule has 0 spiro atoms. The van der Waals surface area contributed by atoms with Gasteiger partial charge in [-0.1, -0.05) is 60.7 Å². The van der Waals surface area contributed by atoms with Crippen LogP contribution < -0.4 is 0 Å². The number of carbonyl (C=O) groups excluding carboxylic acids is 2. The summed E-state index contributed by atoms with van der Waals surface area (Å²) in [6, 6.07) is 18.6. The minimum absolute atomic E-state index is 0.0267. The maximum Gasteiger partial charge on any atom is 0.317 e. The Morgan fingerprint density at radius 2 is 1.62 bits per heavy atom. The van der Waals surface area contributed by atoms with Gasteiger partial charge in [-0.15, -0.1) is 0 Å². The third-order valence-corrected chi connectivity index (χ3v) is 3.04. The first-order chi connectivity index (χ1) is 10.3. The lowest BCUT2D eigenvalue weighted by Gasteiger charge is -2.15. The smallest absolute Gasteiger partial charge is 0.317 e. The molecule has 2 aromatic rings. The summed E-state index contributed by atoms with van der Waals surface area (Å²) in [5.41, 5.74) is 1.67. The van der Waals surface area contributed by atoms with Crippen LogP contribution in [0.4, 0.5) is 0 Å². The molecule has 0 amide bonds. The van der Waals surface area contributed by atoms with Gasteiger partial charge in [-0.25, -0.2) is 0 Å². The summed E-state index contributed by atoms with van der Waals surface area (Å²) in [5, 5.41) is 0. The van der Waals surface area contributed by atoms with Gasteiger partial charge in [0, 0.05) is 0 Å². The van der Waals surface area contributed by atoms with Crippen molar-refractivity contribution in [2.45, 2.75) is 12.5 Å². The van der Waals surface area contributed by atoms with Gasteiger partial charge in [0.1, 0.15) is 19.1 Å². The molecule has 2 rings (SSSR count). The van der Waals surface area contributed by atoms with E-state index in [2.05, 4.69) is 0 Å². The summed E-state index contributed by atoms with van der Waals surface area (Å²) in [6.45, 7) is 0.506. The first kappa shape index (κ1) is 14.8. The van der Waals surface area contributed by atoms with Gasteiger partial charge in [-0.2, -0.15) is 0 Å². The lowest BCUT2D eigenvalue weighted by Crippen LogP contribution is -2.20. The molecule has 2 aromatic carbocycles. The van der Waals surface area contributed by atoms with Crippen LogP contribution in [0, 0.1) is 0 Å². The minimum atomic E-state index is -0.611. The summed E-state index contributed by atoms with van der Waals surface area (Å²) in [7, 11) is 0. The Hall–Kier alpha value is -2.62. The van der Waals surface area contributed by atoms with Crippen LogP contribution in [0.25, 0.3) is 0 Å². The number of benzene rings is 2. The van der Waals surface area contributed by atoms with E-state index in [0.29, 0.717) is 6.47 Å². The molecule has 21 heavy (non-hydrogen) atoms. The number of esters is 1. The van der Waals surface area contributed by atoms with Gasteiger partial charge in [0.2, 0.25) is 0 Å². The van der Waals surface area contributed by atoms with Crippen LogP contribution in [0.5, 0.6) is 0 Å². The molecule has 0 heterocycles. The van der Waals surface area contributed by atoms with Crippen molar-refractivity contribution in [3.8, 4) is 0 Å². The average molecular weight is 284 g/mol. The summed E-state index contributed by atoms with van der Waals surface area (Å²) >= 11 is 0. The normalized spacial score (nSPS) is 11.4. The van der Waals surface area contributed by atoms with Crippen molar-refractivity contribution in [3.63, 3.8) is 0 Å². The Balaban J connectivity index is 2.02. The van der Waals surface area contributed by atoms with Crippen LogP contribution in [0.1, 0.15) is 17.0 Å². The molecular weight excluding hydrogens is 268 g/mol. The molecule has 0 bridgehead atoms. The van der Waals surface area contributed by atoms with Crippen molar-refractivity contribution in [2.75, 3.05) is 6.61 Å². The van der Waals surface area contributed by atoms with E-state index >= 15 is 0 Å². The highest BCUT2D eigenvalue weighted by Gasteiger charge is 2.22. The van der Waals surface area contributed by atoms with Crippen LogP contribution in [-0.2, 0) is 25.7 Å². The molecule has 0 aliphatic rings. The molecule has 0 saturated carbocycles. The molecule has 0 saturated heterocycles. The van der Waals surface area contributed by atoms with Crippen molar-refractivity contribution in [1.82, 2.24) is 0 Å². The molecule has 0 aromatic heterocycles. The number of carbonyl (C=O) groups is 2. The fraction of sp³-hybridized carbons (Fsp3) is 0.176. The van der Waals surface area contributed by atoms with Gasteiger partial charge in [0.25, 0.3) is 6.47 Å². The first-order valence-corrected chi connectivity index (χ1v) is 6.62. The van der Waals surface area contributed by atoms with Gasteiger partial charge >= 0.3 is 5.97 Å². The zero-order valence-electron chi connectivity index (χ0n) is 11.5. The van der Waals surface area contributed by atoms with Crippen molar-refractivity contribution in [2.24, 2.45) is 0 Å². The van der Waals surface area contributed by atoms with Crippen LogP contribution in [0.15, 0.2) is 60.7 Å². The molecule has 0 fully saturated rings. The predicted molar refractivity (Wildman–Crippen MR) is 77.4 cm³/mol. The third-order valence-electron chi connectivity index (χ3n) is 3.04. The second kappa shape index (κ2) is 7.85. The second-order valence-electron chi connectivity index (χ2n) is 4.49. The van der Waals surface area contributed by atoms with E-state index in [1.54, 1.807) is 0 Å². The Morgan fingerprint density at radius 3 is 2.24 bits per heavy atom. The average Bonchev–Trinajstić information content (AvgIpc) is 2.55. The standard InChI is InChI=1S/C17H16O4/c18-13-20-12-16(15-9-5-2-6-10-15)17(19)21-11-14-7-3-1-4-8-14/h1-10,13,16H,11-12H2. The molecule has 0 N–H and O–H groups in total. The van der Waals surface area contributed by atoms with E-state index in [9.17, 15) is 9.59 Å². The van der Waals surface area contributed by atoms with E-state index in [4.69, 9.17) is 9.47 Å². The summed E-state index contributed by atoms with van der Waals surface area (Å²) < 4.78 is 10.0. The highest BCUT2D eigenvalue weighted by Crippen LogP contribution is 2.18. The van der Waals surface area contributed by atoms with Gasteiger partial charge in [-0.05, 0) is 11.1 Å². The molecular formula is C17H16O4. The Kier molecular flexibility index (Phi) is 5.52. The summed E-state index contributed by atoms with van der Waals surface area (Å²) in [4.78, 5) is 22.6. The van der Waals surface area contributed by atoms with Crippen LogP contribution >= 0.6 is 0 Å². The summed E-state index contributed by atoms with van der Waals surface area (Å²) in [6.07, 6.45) is 0. The lowest BCUT2D eigenvalue weighted by atomic mass is 10.0. The van der Waals surface area contributed by atoms with Crippen LogP contribution in [-0.4, -0.2) is 19.0 Å². The molecule has 0 aliphatic heterocycles. The quantitative estimate of drug-likeness (QED) is 0.579. The highest BCUT2D eigenvalue weighted by atomic mass is 16.5. The Labute approximate surface area is 123 Å². The largest absolute Gasteiger partial charge is 0.467 e. The van der Waals surface area contributed by atoms with E-state index < -0.39 is 11.9 Å². The predicted octanol–water partition coefficient (Wildman–Crippen LogP) is 2.69. The fourth-order valence-electron chi connectivity index (χ4n) is 1.95. The van der Waals surface area contributed by atoms with E-state index in [-0.39, 0.29) is 13.2 Å². The molecule has 4 heteroatoms. The molecule has 108 valence electrons. The van der Waals surface area contributed by atoms with E-state index in [1.165, 1.54) is 0 Å². The molecule has 1 unspecified atom stereocenters. The second-order valence-corrected chi connectivity index (χ2v) is 4.49. The van der Waals surface area contributed by atoms with E-state index in [1.807, 2.05) is 60.7 Å².